The van der Waals surface area contributed by atoms with Crippen LogP contribution in [-0.2, 0) is 29.0 Å². The fourth-order valence-electron chi connectivity index (χ4n) is 5.20. The van der Waals surface area contributed by atoms with E-state index in [0.717, 1.165) is 12.0 Å². The molecule has 1 heterocycles. The van der Waals surface area contributed by atoms with Crippen molar-refractivity contribution < 1.29 is 37.0 Å². The van der Waals surface area contributed by atoms with Gasteiger partial charge in [0.15, 0.2) is 6.61 Å². The number of hydrogen-bond donors (Lipinski definition) is 1. The molecule has 1 fully saturated rings. The number of ether oxygens (including phenoxy) is 1. The second-order valence-corrected chi connectivity index (χ2v) is 9.73. The number of carboxylic acid groups (broad SMARTS) is 1. The van der Waals surface area contributed by atoms with Crippen LogP contribution < -0.4 is 4.74 Å². The van der Waals surface area contributed by atoms with Crippen molar-refractivity contribution in [1.82, 2.24) is 4.90 Å². The highest BCUT2D eigenvalue weighted by molar-refractivity contribution is 5.84. The Morgan fingerprint density at radius 1 is 1.00 bits per heavy atom. The second-order valence-electron chi connectivity index (χ2n) is 9.73. The fourth-order valence-corrected chi connectivity index (χ4v) is 5.20. The van der Waals surface area contributed by atoms with Crippen LogP contribution in [0.25, 0.3) is 11.1 Å². The second kappa shape index (κ2) is 10.1. The maximum atomic E-state index is 14.8. The van der Waals surface area contributed by atoms with E-state index >= 15 is 0 Å². The van der Waals surface area contributed by atoms with Crippen LogP contribution in [0, 0.1) is 11.7 Å². The molecule has 9 heteroatoms. The third-order valence-electron chi connectivity index (χ3n) is 7.08. The predicted molar refractivity (Wildman–Crippen MR) is 131 cm³/mol. The van der Waals surface area contributed by atoms with Gasteiger partial charge in [0.25, 0.3) is 0 Å². The summed E-state index contributed by atoms with van der Waals surface area (Å²) in [6.07, 6.45) is -3.93. The number of hydrogen-bond acceptors (Lipinski definition) is 3. The number of aliphatic carboxylic acids is 1. The molecule has 198 valence electrons. The lowest BCUT2D eigenvalue weighted by atomic mass is 9.89. The van der Waals surface area contributed by atoms with Crippen molar-refractivity contribution in [1.29, 1.82) is 0 Å². The monoisotopic (exact) mass is 527 g/mol. The molecule has 3 aromatic rings. The molecule has 0 saturated heterocycles. The third-order valence-corrected chi connectivity index (χ3v) is 7.08. The minimum atomic E-state index is -4.58. The van der Waals surface area contributed by atoms with Crippen molar-refractivity contribution in [3.63, 3.8) is 0 Å². The van der Waals surface area contributed by atoms with Gasteiger partial charge >= 0.3 is 12.1 Å². The molecule has 5 nitrogen and oxygen atoms in total. The van der Waals surface area contributed by atoms with Crippen LogP contribution in [-0.4, -0.2) is 41.2 Å². The molecule has 1 N–H and O–H groups in total. The van der Waals surface area contributed by atoms with E-state index in [1.54, 1.807) is 4.90 Å². The average Bonchev–Trinajstić information content (AvgIpc) is 3.68. The van der Waals surface area contributed by atoms with Gasteiger partial charge in [0.05, 0.1) is 6.42 Å². The summed E-state index contributed by atoms with van der Waals surface area (Å²) in [7, 11) is 0. The van der Waals surface area contributed by atoms with E-state index in [0.29, 0.717) is 28.8 Å². The lowest BCUT2D eigenvalue weighted by Crippen LogP contribution is -2.37. The SMILES string of the molecule is O=C(O)Cc1ccc(OCC(F)(F)F)c(-c2ccc(F)c3c2CN(C(=O)[C@@H]2C[C@H]2c2ccccc2)CC3)c1. The zero-order chi connectivity index (χ0) is 27.0. The van der Waals surface area contributed by atoms with Crippen LogP contribution >= 0.6 is 0 Å². The molecule has 0 aromatic heterocycles. The molecule has 1 aliphatic heterocycles. The van der Waals surface area contributed by atoms with Crippen molar-refractivity contribution in [2.24, 2.45) is 5.92 Å². The Hall–Kier alpha value is -3.88. The van der Waals surface area contributed by atoms with Gasteiger partial charge in [-0.05, 0) is 64.8 Å². The van der Waals surface area contributed by atoms with Crippen LogP contribution in [0.2, 0.25) is 0 Å². The summed E-state index contributed by atoms with van der Waals surface area (Å²) < 4.78 is 58.7. The highest BCUT2D eigenvalue weighted by Crippen LogP contribution is 2.49. The zero-order valence-corrected chi connectivity index (χ0v) is 20.3. The summed E-state index contributed by atoms with van der Waals surface area (Å²) in [5, 5.41) is 9.22. The molecule has 3 aromatic carbocycles. The normalized spacial score (nSPS) is 18.6. The minimum Gasteiger partial charge on any atom is -0.483 e. The van der Waals surface area contributed by atoms with Crippen molar-refractivity contribution >= 4 is 11.9 Å². The zero-order valence-electron chi connectivity index (χ0n) is 20.3. The van der Waals surface area contributed by atoms with Crippen LogP contribution in [0.15, 0.2) is 60.7 Å². The number of fused-ring (bicyclic) bond motifs is 1. The smallest absolute Gasteiger partial charge is 0.422 e. The molecule has 2 aliphatic rings. The van der Waals surface area contributed by atoms with Gasteiger partial charge in [-0.1, -0.05) is 42.5 Å². The molecule has 1 amide bonds. The average molecular weight is 528 g/mol. The van der Waals surface area contributed by atoms with Crippen molar-refractivity contribution in [3.8, 4) is 16.9 Å². The summed E-state index contributed by atoms with van der Waals surface area (Å²) in [6, 6.07) is 16.6. The van der Waals surface area contributed by atoms with Gasteiger partial charge in [-0.15, -0.1) is 0 Å². The number of carbonyl (C=O) groups is 2. The first kappa shape index (κ1) is 25.8. The minimum absolute atomic E-state index is 0.0344. The van der Waals surface area contributed by atoms with E-state index in [4.69, 9.17) is 4.74 Å². The molecule has 0 spiro atoms. The Morgan fingerprint density at radius 3 is 2.47 bits per heavy atom. The Kier molecular flexibility index (Phi) is 6.86. The number of carbonyl (C=O) groups excluding carboxylic acids is 1. The largest absolute Gasteiger partial charge is 0.483 e. The van der Waals surface area contributed by atoms with Gasteiger partial charge < -0.3 is 14.7 Å². The number of rotatable bonds is 7. The first-order valence-electron chi connectivity index (χ1n) is 12.3. The van der Waals surface area contributed by atoms with Gasteiger partial charge in [-0.3, -0.25) is 9.59 Å². The molecule has 1 saturated carbocycles. The highest BCUT2D eigenvalue weighted by Gasteiger charge is 2.46. The van der Waals surface area contributed by atoms with E-state index in [1.165, 1.54) is 30.3 Å². The molecule has 1 aliphatic carbocycles. The van der Waals surface area contributed by atoms with Crippen LogP contribution in [0.5, 0.6) is 5.75 Å². The van der Waals surface area contributed by atoms with Gasteiger partial charge in [-0.2, -0.15) is 13.2 Å². The van der Waals surface area contributed by atoms with Gasteiger partial charge in [0, 0.05) is 24.6 Å². The molecular weight excluding hydrogens is 502 g/mol. The van der Waals surface area contributed by atoms with E-state index in [-0.39, 0.29) is 48.4 Å². The van der Waals surface area contributed by atoms with Gasteiger partial charge in [-0.25, -0.2) is 4.39 Å². The molecule has 0 bridgehead atoms. The van der Waals surface area contributed by atoms with E-state index < -0.39 is 24.6 Å². The molecule has 0 unspecified atom stereocenters. The summed E-state index contributed by atoms with van der Waals surface area (Å²) in [5.74, 6) is -1.72. The molecular formula is C29H25F4NO4. The molecule has 2 atom stereocenters. The summed E-state index contributed by atoms with van der Waals surface area (Å²) >= 11 is 0. The van der Waals surface area contributed by atoms with Crippen molar-refractivity contribution in [2.45, 2.75) is 37.9 Å². The molecule has 0 radical (unpaired) electrons. The van der Waals surface area contributed by atoms with E-state index in [1.807, 2.05) is 30.3 Å². The first-order valence-corrected chi connectivity index (χ1v) is 12.3. The van der Waals surface area contributed by atoms with Crippen LogP contribution in [0.3, 0.4) is 0 Å². The third kappa shape index (κ3) is 5.51. The summed E-state index contributed by atoms with van der Waals surface area (Å²) in [5.41, 5.74) is 2.98. The van der Waals surface area contributed by atoms with Crippen LogP contribution in [0.1, 0.15) is 34.6 Å². The number of nitrogens with zero attached hydrogens (tertiary/aromatic N) is 1. The number of benzene rings is 3. The van der Waals surface area contributed by atoms with E-state index in [2.05, 4.69) is 0 Å². The highest BCUT2D eigenvalue weighted by atomic mass is 19.4. The summed E-state index contributed by atoms with van der Waals surface area (Å²) in [4.78, 5) is 26.3. The molecule has 5 rings (SSSR count). The Bertz CT molecular complexity index is 1370. The maximum Gasteiger partial charge on any atom is 0.422 e. The Labute approximate surface area is 216 Å². The Balaban J connectivity index is 1.47. The first-order chi connectivity index (χ1) is 18.1. The van der Waals surface area contributed by atoms with Gasteiger partial charge in [0.1, 0.15) is 11.6 Å². The van der Waals surface area contributed by atoms with E-state index in [9.17, 15) is 32.3 Å². The number of amides is 1. The fraction of sp³-hybridized carbons (Fsp3) is 0.310. The van der Waals surface area contributed by atoms with Gasteiger partial charge in [0.2, 0.25) is 5.91 Å². The number of halogens is 4. The lowest BCUT2D eigenvalue weighted by Gasteiger charge is -2.31. The van der Waals surface area contributed by atoms with Crippen molar-refractivity contribution in [2.75, 3.05) is 13.2 Å². The Morgan fingerprint density at radius 2 is 1.76 bits per heavy atom. The maximum absolute atomic E-state index is 14.8. The molecule has 38 heavy (non-hydrogen) atoms. The number of alkyl halides is 3. The standard InChI is InChI=1S/C29H25F4NO4/c30-25-8-7-19(22-12-17(13-27(35)36)6-9-26(22)38-16-29(31,32)33)24-15-34(11-10-20(24)25)28(37)23-14-21(23)18-4-2-1-3-5-18/h1-9,12,21,23H,10-11,13-16H2,(H,35,36)/t21-,23+/m0/s1. The quantitative estimate of drug-likeness (QED) is 0.398. The predicted octanol–water partition coefficient (Wildman–Crippen LogP) is 5.75. The summed E-state index contributed by atoms with van der Waals surface area (Å²) in [6.45, 7) is -1.10. The van der Waals surface area contributed by atoms with Crippen LogP contribution in [0.4, 0.5) is 17.6 Å². The van der Waals surface area contributed by atoms with Crippen molar-refractivity contribution in [3.05, 3.63) is 88.7 Å². The topological polar surface area (TPSA) is 66.8 Å². The lowest BCUT2D eigenvalue weighted by molar-refractivity contribution is -0.153. The number of carboxylic acids is 1.